The fourth-order valence-electron chi connectivity index (χ4n) is 0.460. The van der Waals surface area contributed by atoms with Crippen molar-refractivity contribution < 1.29 is 17.7 Å². The molecule has 0 saturated carbocycles. The van der Waals surface area contributed by atoms with Gasteiger partial charge in [0.25, 0.3) is 10.1 Å². The van der Waals surface area contributed by atoms with Gasteiger partial charge in [-0.3, -0.25) is 4.18 Å². The SMILES string of the molecule is CS(=O)(=O)OCC/C=C/CO. The molecule has 0 heterocycles. The molecular weight excluding hydrogens is 168 g/mol. The molecule has 0 rings (SSSR count). The predicted octanol–water partition coefficient (Wildman–Crippen LogP) is -0.0988. The second kappa shape index (κ2) is 5.29. The van der Waals surface area contributed by atoms with Crippen LogP contribution in [0.5, 0.6) is 0 Å². The van der Waals surface area contributed by atoms with Gasteiger partial charge in [-0.2, -0.15) is 8.42 Å². The molecular formula is C6H12O4S. The third-order valence-corrected chi connectivity index (χ3v) is 1.45. The molecule has 0 aromatic rings. The summed E-state index contributed by atoms with van der Waals surface area (Å²) in [5.74, 6) is 0. The van der Waals surface area contributed by atoms with E-state index in [0.717, 1.165) is 6.26 Å². The van der Waals surface area contributed by atoms with Crippen LogP contribution < -0.4 is 0 Å². The van der Waals surface area contributed by atoms with Gasteiger partial charge in [0, 0.05) is 0 Å². The van der Waals surface area contributed by atoms with E-state index in [1.165, 1.54) is 6.08 Å². The van der Waals surface area contributed by atoms with E-state index in [1.807, 2.05) is 0 Å². The first-order chi connectivity index (χ1) is 5.06. The van der Waals surface area contributed by atoms with Gasteiger partial charge in [0.1, 0.15) is 0 Å². The van der Waals surface area contributed by atoms with Gasteiger partial charge >= 0.3 is 0 Å². The van der Waals surface area contributed by atoms with Gasteiger partial charge in [-0.25, -0.2) is 0 Å². The molecule has 0 radical (unpaired) electrons. The van der Waals surface area contributed by atoms with Crippen molar-refractivity contribution in [1.29, 1.82) is 0 Å². The first-order valence-corrected chi connectivity index (χ1v) is 4.98. The Morgan fingerprint density at radius 3 is 2.55 bits per heavy atom. The maximum absolute atomic E-state index is 10.4. The minimum Gasteiger partial charge on any atom is -0.392 e. The molecule has 4 nitrogen and oxygen atoms in total. The van der Waals surface area contributed by atoms with Crippen molar-refractivity contribution in [2.24, 2.45) is 0 Å². The van der Waals surface area contributed by atoms with Crippen LogP contribution in [0.15, 0.2) is 12.2 Å². The molecule has 0 saturated heterocycles. The van der Waals surface area contributed by atoms with Crippen molar-refractivity contribution in [3.63, 3.8) is 0 Å². The van der Waals surface area contributed by atoms with Crippen LogP contribution in [0, 0.1) is 0 Å². The van der Waals surface area contributed by atoms with E-state index >= 15 is 0 Å². The van der Waals surface area contributed by atoms with Crippen molar-refractivity contribution >= 4 is 10.1 Å². The Hall–Kier alpha value is -0.390. The maximum atomic E-state index is 10.4. The van der Waals surface area contributed by atoms with Crippen molar-refractivity contribution in [3.8, 4) is 0 Å². The average Bonchev–Trinajstić information content (AvgIpc) is 1.85. The first-order valence-electron chi connectivity index (χ1n) is 3.16. The standard InChI is InChI=1S/C6H12O4S/c1-11(8,9)10-6-4-2-3-5-7/h2-3,7H,4-6H2,1H3/b3-2+. The summed E-state index contributed by atoms with van der Waals surface area (Å²) in [7, 11) is -3.31. The summed E-state index contributed by atoms with van der Waals surface area (Å²) < 4.78 is 25.2. The summed E-state index contributed by atoms with van der Waals surface area (Å²) in [5, 5.41) is 8.28. The Bertz CT molecular complexity index is 205. The van der Waals surface area contributed by atoms with Crippen molar-refractivity contribution in [2.45, 2.75) is 6.42 Å². The summed E-state index contributed by atoms with van der Waals surface area (Å²) >= 11 is 0. The number of hydrogen-bond donors (Lipinski definition) is 1. The van der Waals surface area contributed by atoms with E-state index in [0.29, 0.717) is 6.42 Å². The third-order valence-electron chi connectivity index (χ3n) is 0.854. The Morgan fingerprint density at radius 1 is 1.45 bits per heavy atom. The topological polar surface area (TPSA) is 63.6 Å². The zero-order valence-electron chi connectivity index (χ0n) is 6.36. The highest BCUT2D eigenvalue weighted by Crippen LogP contribution is 1.90. The smallest absolute Gasteiger partial charge is 0.264 e. The molecule has 0 bridgehead atoms. The monoisotopic (exact) mass is 180 g/mol. The normalized spacial score (nSPS) is 12.5. The lowest BCUT2D eigenvalue weighted by molar-refractivity contribution is 0.326. The van der Waals surface area contributed by atoms with Crippen LogP contribution in [0.3, 0.4) is 0 Å². The molecule has 0 aromatic heterocycles. The van der Waals surface area contributed by atoms with Gasteiger partial charge in [0.15, 0.2) is 0 Å². The first kappa shape index (κ1) is 10.6. The molecule has 0 atom stereocenters. The van der Waals surface area contributed by atoms with Gasteiger partial charge in [0.05, 0.1) is 19.5 Å². The molecule has 66 valence electrons. The maximum Gasteiger partial charge on any atom is 0.264 e. The van der Waals surface area contributed by atoms with Crippen LogP contribution >= 0.6 is 0 Å². The molecule has 0 unspecified atom stereocenters. The van der Waals surface area contributed by atoms with E-state index in [-0.39, 0.29) is 13.2 Å². The summed E-state index contributed by atoms with van der Waals surface area (Å²) in [6.07, 6.45) is 4.69. The fraction of sp³-hybridized carbons (Fsp3) is 0.667. The molecule has 11 heavy (non-hydrogen) atoms. The fourth-order valence-corrected chi connectivity index (χ4v) is 0.859. The minimum atomic E-state index is -3.31. The summed E-state index contributed by atoms with van der Waals surface area (Å²) in [4.78, 5) is 0. The quantitative estimate of drug-likeness (QED) is 0.364. The van der Waals surface area contributed by atoms with Crippen molar-refractivity contribution in [3.05, 3.63) is 12.2 Å². The molecule has 0 aliphatic heterocycles. The number of hydrogen-bond acceptors (Lipinski definition) is 4. The van der Waals surface area contributed by atoms with Gasteiger partial charge in [-0.05, 0) is 6.42 Å². The molecule has 5 heteroatoms. The Morgan fingerprint density at radius 2 is 2.09 bits per heavy atom. The average molecular weight is 180 g/mol. The van der Waals surface area contributed by atoms with E-state index in [4.69, 9.17) is 5.11 Å². The highest BCUT2D eigenvalue weighted by Gasteiger charge is 1.97. The Labute approximate surface area is 66.6 Å². The molecule has 1 N–H and O–H groups in total. The second-order valence-electron chi connectivity index (χ2n) is 1.97. The summed E-state index contributed by atoms with van der Waals surface area (Å²) in [5.41, 5.74) is 0. The van der Waals surface area contributed by atoms with Gasteiger partial charge in [0.2, 0.25) is 0 Å². The zero-order chi connectivity index (χ0) is 8.74. The van der Waals surface area contributed by atoms with Gasteiger partial charge in [-0.15, -0.1) is 0 Å². The van der Waals surface area contributed by atoms with Crippen molar-refractivity contribution in [1.82, 2.24) is 0 Å². The van der Waals surface area contributed by atoms with Crippen LogP contribution in [0.4, 0.5) is 0 Å². The lowest BCUT2D eigenvalue weighted by atomic mass is 10.4. The van der Waals surface area contributed by atoms with E-state index in [9.17, 15) is 8.42 Å². The molecule has 0 spiro atoms. The highest BCUT2D eigenvalue weighted by molar-refractivity contribution is 7.85. The Kier molecular flexibility index (Phi) is 5.10. The Balaban J connectivity index is 3.36. The van der Waals surface area contributed by atoms with Gasteiger partial charge < -0.3 is 5.11 Å². The lowest BCUT2D eigenvalue weighted by Gasteiger charge is -1.95. The summed E-state index contributed by atoms with van der Waals surface area (Å²) in [6, 6.07) is 0. The largest absolute Gasteiger partial charge is 0.392 e. The van der Waals surface area contributed by atoms with Crippen LogP contribution in [-0.2, 0) is 14.3 Å². The zero-order valence-corrected chi connectivity index (χ0v) is 7.17. The number of aliphatic hydroxyl groups is 1. The molecule has 0 aliphatic rings. The van der Waals surface area contributed by atoms with E-state index in [1.54, 1.807) is 6.08 Å². The molecule has 0 aromatic carbocycles. The van der Waals surface area contributed by atoms with Gasteiger partial charge in [-0.1, -0.05) is 12.2 Å². The van der Waals surface area contributed by atoms with Crippen LogP contribution in [0.1, 0.15) is 6.42 Å². The minimum absolute atomic E-state index is 0.0289. The van der Waals surface area contributed by atoms with Crippen LogP contribution in [0.25, 0.3) is 0 Å². The predicted molar refractivity (Wildman–Crippen MR) is 41.6 cm³/mol. The van der Waals surface area contributed by atoms with E-state index in [2.05, 4.69) is 4.18 Å². The lowest BCUT2D eigenvalue weighted by Crippen LogP contribution is -2.03. The van der Waals surface area contributed by atoms with Crippen LogP contribution in [0.2, 0.25) is 0 Å². The summed E-state index contributed by atoms with van der Waals surface area (Å²) in [6.45, 7) is 0.105. The van der Waals surface area contributed by atoms with Crippen LogP contribution in [-0.4, -0.2) is 33.0 Å². The highest BCUT2D eigenvalue weighted by atomic mass is 32.2. The molecule has 0 aliphatic carbocycles. The number of rotatable bonds is 5. The molecule has 0 amide bonds. The second-order valence-corrected chi connectivity index (χ2v) is 3.61. The molecule has 0 fully saturated rings. The van der Waals surface area contributed by atoms with Crippen molar-refractivity contribution in [2.75, 3.05) is 19.5 Å². The third kappa shape index (κ3) is 9.61. The van der Waals surface area contributed by atoms with E-state index < -0.39 is 10.1 Å². The number of aliphatic hydroxyl groups excluding tert-OH is 1.